The number of para-hydroxylation sites is 1. The zero-order valence-electron chi connectivity index (χ0n) is 19.3. The highest BCUT2D eigenvalue weighted by Gasteiger charge is 2.36. The highest BCUT2D eigenvalue weighted by molar-refractivity contribution is 5.83. The topological polar surface area (TPSA) is 98.2 Å². The number of benzene rings is 2. The Bertz CT molecular complexity index is 1470. The van der Waals surface area contributed by atoms with E-state index in [4.69, 9.17) is 9.47 Å². The molecule has 9 nitrogen and oxygen atoms in total. The van der Waals surface area contributed by atoms with Crippen LogP contribution in [0.3, 0.4) is 0 Å². The molecule has 0 radical (unpaired) electrons. The highest BCUT2D eigenvalue weighted by Crippen LogP contribution is 2.40. The lowest BCUT2D eigenvalue weighted by atomic mass is 10.0. The van der Waals surface area contributed by atoms with Crippen molar-refractivity contribution in [2.45, 2.75) is 44.2 Å². The van der Waals surface area contributed by atoms with E-state index in [1.807, 2.05) is 28.9 Å². The van der Waals surface area contributed by atoms with Gasteiger partial charge in [0.2, 0.25) is 0 Å². The third kappa shape index (κ3) is 3.37. The average molecular weight is 471 g/mol. The summed E-state index contributed by atoms with van der Waals surface area (Å²) in [6.07, 6.45) is 5.37. The standard InChI is InChI=1S/C26H26N6O3/c33-26-19(13-17-14-22-23(15-20(17)27-26)35-12-11-34-22)24(31-10-9-16-5-1-4-8-21(16)31)25-28-29-30-32(25)18-6-2-3-7-18/h1,4-5,8,13-15,18,24H,2-3,6-7,9-12H2,(H,27,33)/t24-/m0/s1. The monoisotopic (exact) mass is 470 g/mol. The van der Waals surface area contributed by atoms with E-state index in [0.717, 1.165) is 48.2 Å². The van der Waals surface area contributed by atoms with Crippen molar-refractivity contribution in [3.63, 3.8) is 0 Å². The molecule has 1 aliphatic carbocycles. The summed E-state index contributed by atoms with van der Waals surface area (Å²) in [6, 6.07) is 14.0. The molecular weight excluding hydrogens is 444 g/mol. The number of rotatable bonds is 4. The molecule has 2 aliphatic heterocycles. The van der Waals surface area contributed by atoms with Gasteiger partial charge in [0.15, 0.2) is 17.3 Å². The largest absolute Gasteiger partial charge is 0.486 e. The number of fused-ring (bicyclic) bond motifs is 3. The van der Waals surface area contributed by atoms with Crippen LogP contribution in [-0.4, -0.2) is 44.9 Å². The molecule has 35 heavy (non-hydrogen) atoms. The lowest BCUT2D eigenvalue weighted by Crippen LogP contribution is -2.34. The van der Waals surface area contributed by atoms with Crippen molar-refractivity contribution in [2.24, 2.45) is 0 Å². The van der Waals surface area contributed by atoms with Crippen molar-refractivity contribution in [3.8, 4) is 11.5 Å². The molecule has 2 aromatic carbocycles. The summed E-state index contributed by atoms with van der Waals surface area (Å²) in [4.78, 5) is 19.0. The van der Waals surface area contributed by atoms with Crippen LogP contribution in [0.25, 0.3) is 10.9 Å². The Labute approximate surface area is 201 Å². The first-order chi connectivity index (χ1) is 17.3. The molecule has 4 heterocycles. The number of tetrazole rings is 1. The molecule has 0 spiro atoms. The smallest absolute Gasteiger partial charge is 0.254 e. The number of H-pyrrole nitrogens is 1. The fourth-order valence-electron chi connectivity index (χ4n) is 5.83. The minimum atomic E-state index is -0.407. The van der Waals surface area contributed by atoms with Gasteiger partial charge in [0, 0.05) is 29.2 Å². The van der Waals surface area contributed by atoms with Crippen LogP contribution in [0.15, 0.2) is 47.3 Å². The summed E-state index contributed by atoms with van der Waals surface area (Å²) < 4.78 is 13.5. The fourth-order valence-corrected chi connectivity index (χ4v) is 5.83. The number of nitrogens with one attached hydrogen (secondary N) is 1. The van der Waals surface area contributed by atoms with E-state index >= 15 is 0 Å². The number of hydrogen-bond acceptors (Lipinski definition) is 7. The Balaban J connectivity index is 1.42. The number of aromatic nitrogens is 5. The molecule has 1 N–H and O–H groups in total. The van der Waals surface area contributed by atoms with Crippen molar-refractivity contribution in [1.82, 2.24) is 25.2 Å². The SMILES string of the molecule is O=c1[nH]c2cc3c(cc2cc1[C@@H](c1nnnn1C1CCCC1)N1CCc2ccccc21)OCCO3. The Morgan fingerprint density at radius 1 is 1.03 bits per heavy atom. The van der Waals surface area contributed by atoms with E-state index in [9.17, 15) is 4.79 Å². The first-order valence-electron chi connectivity index (χ1n) is 12.3. The van der Waals surface area contributed by atoms with Crippen LogP contribution in [-0.2, 0) is 6.42 Å². The third-order valence-electron chi connectivity index (χ3n) is 7.50. The molecule has 1 saturated carbocycles. The van der Waals surface area contributed by atoms with Gasteiger partial charge in [0.25, 0.3) is 5.56 Å². The number of hydrogen-bond donors (Lipinski definition) is 1. The molecule has 4 aromatic rings. The number of anilines is 1. The lowest BCUT2D eigenvalue weighted by Gasteiger charge is -2.30. The van der Waals surface area contributed by atoms with Gasteiger partial charge >= 0.3 is 0 Å². The summed E-state index contributed by atoms with van der Waals surface area (Å²) in [5.41, 5.74) is 3.60. The summed E-state index contributed by atoms with van der Waals surface area (Å²) in [5, 5.41) is 13.9. The van der Waals surface area contributed by atoms with Gasteiger partial charge in [-0.25, -0.2) is 4.68 Å². The van der Waals surface area contributed by atoms with Gasteiger partial charge in [0.05, 0.1) is 11.6 Å². The third-order valence-corrected chi connectivity index (χ3v) is 7.50. The van der Waals surface area contributed by atoms with Crippen LogP contribution in [0.5, 0.6) is 11.5 Å². The molecule has 0 bridgehead atoms. The molecule has 2 aromatic heterocycles. The van der Waals surface area contributed by atoms with E-state index in [1.54, 1.807) is 0 Å². The predicted molar refractivity (Wildman–Crippen MR) is 130 cm³/mol. The maximum Gasteiger partial charge on any atom is 0.254 e. The van der Waals surface area contributed by atoms with E-state index in [2.05, 4.69) is 43.6 Å². The van der Waals surface area contributed by atoms with Gasteiger partial charge in [0.1, 0.15) is 19.3 Å². The molecule has 1 fully saturated rings. The predicted octanol–water partition coefficient (Wildman–Crippen LogP) is 3.55. The van der Waals surface area contributed by atoms with Crippen LogP contribution in [0.4, 0.5) is 5.69 Å². The summed E-state index contributed by atoms with van der Waals surface area (Å²) in [7, 11) is 0. The van der Waals surface area contributed by atoms with Gasteiger partial charge in [-0.15, -0.1) is 5.10 Å². The van der Waals surface area contributed by atoms with Gasteiger partial charge < -0.3 is 19.4 Å². The van der Waals surface area contributed by atoms with Crippen LogP contribution >= 0.6 is 0 Å². The molecule has 3 aliphatic rings. The van der Waals surface area contributed by atoms with Crippen molar-refractivity contribution >= 4 is 16.6 Å². The van der Waals surface area contributed by atoms with Crippen molar-refractivity contribution < 1.29 is 9.47 Å². The number of nitrogens with zero attached hydrogens (tertiary/aromatic N) is 5. The Hall–Kier alpha value is -3.88. The quantitative estimate of drug-likeness (QED) is 0.487. The van der Waals surface area contributed by atoms with Gasteiger partial charge in [-0.3, -0.25) is 4.79 Å². The van der Waals surface area contributed by atoms with Gasteiger partial charge in [-0.1, -0.05) is 31.0 Å². The average Bonchev–Trinajstić information content (AvgIpc) is 3.65. The Morgan fingerprint density at radius 2 is 1.83 bits per heavy atom. The molecule has 0 saturated heterocycles. The van der Waals surface area contributed by atoms with Crippen LogP contribution in [0, 0.1) is 0 Å². The minimum Gasteiger partial charge on any atom is -0.486 e. The second-order valence-electron chi connectivity index (χ2n) is 9.53. The second-order valence-corrected chi connectivity index (χ2v) is 9.53. The zero-order chi connectivity index (χ0) is 23.4. The summed E-state index contributed by atoms with van der Waals surface area (Å²) >= 11 is 0. The molecular formula is C26H26N6O3. The molecule has 0 unspecified atom stereocenters. The number of pyridine rings is 1. The molecule has 178 valence electrons. The molecule has 0 amide bonds. The number of ether oxygens (including phenoxy) is 2. The van der Waals surface area contributed by atoms with Crippen LogP contribution in [0.1, 0.15) is 54.7 Å². The van der Waals surface area contributed by atoms with Crippen LogP contribution < -0.4 is 19.9 Å². The van der Waals surface area contributed by atoms with Gasteiger partial charge in [-0.2, -0.15) is 0 Å². The highest BCUT2D eigenvalue weighted by atomic mass is 16.6. The van der Waals surface area contributed by atoms with E-state index in [0.29, 0.717) is 30.3 Å². The van der Waals surface area contributed by atoms with E-state index < -0.39 is 6.04 Å². The summed E-state index contributed by atoms with van der Waals surface area (Å²) in [6.45, 7) is 1.80. The Kier molecular flexibility index (Phi) is 4.75. The molecule has 9 heteroatoms. The molecule has 1 atom stereocenters. The van der Waals surface area contributed by atoms with Crippen molar-refractivity contribution in [2.75, 3.05) is 24.7 Å². The van der Waals surface area contributed by atoms with Crippen LogP contribution in [0.2, 0.25) is 0 Å². The van der Waals surface area contributed by atoms with E-state index in [1.165, 1.54) is 18.4 Å². The second kappa shape index (κ2) is 8.11. The maximum absolute atomic E-state index is 13.6. The van der Waals surface area contributed by atoms with Gasteiger partial charge in [-0.05, 0) is 53.5 Å². The summed E-state index contributed by atoms with van der Waals surface area (Å²) in [5.74, 6) is 2.07. The zero-order valence-corrected chi connectivity index (χ0v) is 19.3. The Morgan fingerprint density at radius 3 is 2.69 bits per heavy atom. The number of aromatic amines is 1. The fraction of sp³-hybridized carbons (Fsp3) is 0.385. The van der Waals surface area contributed by atoms with E-state index in [-0.39, 0.29) is 11.6 Å². The first kappa shape index (κ1) is 20.5. The van der Waals surface area contributed by atoms with Crippen molar-refractivity contribution in [3.05, 3.63) is 69.8 Å². The minimum absolute atomic E-state index is 0.149. The lowest BCUT2D eigenvalue weighted by molar-refractivity contribution is 0.172. The maximum atomic E-state index is 13.6. The van der Waals surface area contributed by atoms with Crippen molar-refractivity contribution in [1.29, 1.82) is 0 Å². The first-order valence-corrected chi connectivity index (χ1v) is 12.3. The normalized spacial score (nSPS) is 18.2. The molecule has 7 rings (SSSR count).